The predicted molar refractivity (Wildman–Crippen MR) is 110 cm³/mol. The fourth-order valence-corrected chi connectivity index (χ4v) is 3.35. The summed E-state index contributed by atoms with van der Waals surface area (Å²) in [6, 6.07) is 15.3. The first-order valence-electron chi connectivity index (χ1n) is 8.98. The summed E-state index contributed by atoms with van der Waals surface area (Å²) >= 11 is 1.31. The van der Waals surface area contributed by atoms with E-state index in [0.29, 0.717) is 16.8 Å². The van der Waals surface area contributed by atoms with Crippen molar-refractivity contribution in [3.8, 4) is 11.4 Å². The number of thioether (sulfide) groups is 1. The van der Waals surface area contributed by atoms with E-state index in [1.165, 1.54) is 17.3 Å². The number of anilines is 1. The summed E-state index contributed by atoms with van der Waals surface area (Å²) in [5.41, 5.74) is 2.82. The molecule has 1 N–H and O–H groups in total. The van der Waals surface area contributed by atoms with Crippen LogP contribution in [0.3, 0.4) is 0 Å². The van der Waals surface area contributed by atoms with Gasteiger partial charge in [0.1, 0.15) is 5.75 Å². The number of hydrogen-bond acceptors (Lipinski definition) is 6. The maximum atomic E-state index is 12.5. The number of ether oxygens (including phenoxy) is 1. The van der Waals surface area contributed by atoms with Crippen molar-refractivity contribution in [2.75, 3.05) is 12.4 Å². The van der Waals surface area contributed by atoms with Crippen molar-refractivity contribution in [2.24, 2.45) is 0 Å². The molecule has 0 radical (unpaired) electrons. The molecule has 0 aliphatic rings. The number of tetrazole rings is 1. The van der Waals surface area contributed by atoms with E-state index in [-0.39, 0.29) is 11.2 Å². The van der Waals surface area contributed by atoms with Crippen LogP contribution in [0, 0.1) is 0 Å². The lowest BCUT2D eigenvalue weighted by atomic mass is 10.0. The number of aromatic nitrogens is 4. The Morgan fingerprint density at radius 2 is 1.75 bits per heavy atom. The van der Waals surface area contributed by atoms with Gasteiger partial charge in [-0.15, -0.1) is 5.10 Å². The zero-order valence-electron chi connectivity index (χ0n) is 16.3. The molecular formula is C20H23N5O2S. The third-order valence-corrected chi connectivity index (χ3v) is 5.29. The molecule has 1 heterocycles. The second-order valence-electron chi connectivity index (χ2n) is 6.60. The molecule has 28 heavy (non-hydrogen) atoms. The minimum Gasteiger partial charge on any atom is -0.497 e. The number of hydrogen-bond donors (Lipinski definition) is 1. The summed E-state index contributed by atoms with van der Waals surface area (Å²) in [5, 5.41) is 15.0. The van der Waals surface area contributed by atoms with E-state index in [2.05, 4.69) is 46.8 Å². The van der Waals surface area contributed by atoms with Crippen LogP contribution in [-0.2, 0) is 4.79 Å². The summed E-state index contributed by atoms with van der Waals surface area (Å²) in [5.74, 6) is 1.07. The Balaban J connectivity index is 1.68. The second-order valence-corrected chi connectivity index (χ2v) is 7.91. The average molecular weight is 398 g/mol. The molecule has 0 fully saturated rings. The number of benzene rings is 2. The molecule has 3 aromatic rings. The van der Waals surface area contributed by atoms with Crippen molar-refractivity contribution in [2.45, 2.75) is 37.1 Å². The van der Waals surface area contributed by atoms with Gasteiger partial charge in [0.25, 0.3) is 0 Å². The van der Waals surface area contributed by atoms with E-state index in [1.54, 1.807) is 36.1 Å². The molecule has 0 saturated carbocycles. The molecule has 146 valence electrons. The molecule has 0 spiro atoms. The van der Waals surface area contributed by atoms with E-state index in [0.717, 1.165) is 11.4 Å². The average Bonchev–Trinajstić information content (AvgIpc) is 3.16. The minimum atomic E-state index is -0.373. The third-order valence-electron chi connectivity index (χ3n) is 4.25. The summed E-state index contributed by atoms with van der Waals surface area (Å²) in [7, 11) is 1.60. The van der Waals surface area contributed by atoms with Crippen molar-refractivity contribution in [3.63, 3.8) is 0 Å². The van der Waals surface area contributed by atoms with Crippen molar-refractivity contribution >= 4 is 23.4 Å². The Morgan fingerprint density at radius 1 is 1.07 bits per heavy atom. The molecule has 1 atom stereocenters. The highest BCUT2D eigenvalue weighted by molar-refractivity contribution is 8.00. The normalized spacial score (nSPS) is 12.0. The van der Waals surface area contributed by atoms with Crippen LogP contribution in [0.25, 0.3) is 5.69 Å². The van der Waals surface area contributed by atoms with Crippen LogP contribution in [0.1, 0.15) is 32.3 Å². The van der Waals surface area contributed by atoms with Gasteiger partial charge in [-0.2, -0.15) is 4.68 Å². The van der Waals surface area contributed by atoms with Crippen LogP contribution in [0.2, 0.25) is 0 Å². The first-order valence-corrected chi connectivity index (χ1v) is 9.86. The fraction of sp³-hybridized carbons (Fsp3) is 0.300. The molecule has 0 bridgehead atoms. The first kappa shape index (κ1) is 19.9. The standard InChI is InChI=1S/C20H23N5O2S/c1-13(2)15-5-9-17(10-6-15)25-20(22-23-24-25)28-14(3)19(26)21-16-7-11-18(27-4)12-8-16/h5-14H,1-4H3,(H,21,26)/t14-/m0/s1. The Labute approximate surface area is 168 Å². The number of amides is 1. The Kier molecular flexibility index (Phi) is 6.30. The van der Waals surface area contributed by atoms with Gasteiger partial charge in [-0.1, -0.05) is 37.7 Å². The van der Waals surface area contributed by atoms with Gasteiger partial charge in [0, 0.05) is 5.69 Å². The maximum absolute atomic E-state index is 12.5. The second kappa shape index (κ2) is 8.88. The van der Waals surface area contributed by atoms with Gasteiger partial charge in [0.2, 0.25) is 11.1 Å². The zero-order chi connectivity index (χ0) is 20.1. The van der Waals surface area contributed by atoms with E-state index in [4.69, 9.17) is 4.74 Å². The van der Waals surface area contributed by atoms with Crippen LogP contribution < -0.4 is 10.1 Å². The molecule has 2 aromatic carbocycles. The lowest BCUT2D eigenvalue weighted by Gasteiger charge is -2.12. The number of methoxy groups -OCH3 is 1. The zero-order valence-corrected chi connectivity index (χ0v) is 17.1. The van der Waals surface area contributed by atoms with Gasteiger partial charge < -0.3 is 10.1 Å². The number of rotatable bonds is 7. The van der Waals surface area contributed by atoms with E-state index in [9.17, 15) is 4.79 Å². The molecule has 0 aliphatic carbocycles. The summed E-state index contributed by atoms with van der Waals surface area (Å²) in [4.78, 5) is 12.5. The Hall–Kier alpha value is -2.87. The topological polar surface area (TPSA) is 81.9 Å². The highest BCUT2D eigenvalue weighted by Gasteiger charge is 2.19. The number of carbonyl (C=O) groups excluding carboxylic acids is 1. The summed E-state index contributed by atoms with van der Waals surface area (Å²) in [6.07, 6.45) is 0. The number of nitrogens with one attached hydrogen (secondary N) is 1. The highest BCUT2D eigenvalue weighted by atomic mass is 32.2. The van der Waals surface area contributed by atoms with E-state index in [1.807, 2.05) is 19.1 Å². The highest BCUT2D eigenvalue weighted by Crippen LogP contribution is 2.25. The van der Waals surface area contributed by atoms with Gasteiger partial charge in [-0.05, 0) is 65.2 Å². The molecule has 0 unspecified atom stereocenters. The summed E-state index contributed by atoms with van der Waals surface area (Å²) in [6.45, 7) is 6.12. The van der Waals surface area contributed by atoms with Gasteiger partial charge in [-0.25, -0.2) is 0 Å². The smallest absolute Gasteiger partial charge is 0.237 e. The molecular weight excluding hydrogens is 374 g/mol. The Bertz CT molecular complexity index is 923. The van der Waals surface area contributed by atoms with Crippen molar-refractivity contribution in [3.05, 3.63) is 54.1 Å². The monoisotopic (exact) mass is 397 g/mol. The van der Waals surface area contributed by atoms with Crippen LogP contribution in [0.15, 0.2) is 53.7 Å². The van der Waals surface area contributed by atoms with E-state index >= 15 is 0 Å². The molecule has 1 aromatic heterocycles. The molecule has 7 nitrogen and oxygen atoms in total. The molecule has 0 saturated heterocycles. The fourth-order valence-electron chi connectivity index (χ4n) is 2.54. The molecule has 8 heteroatoms. The van der Waals surface area contributed by atoms with Crippen molar-refractivity contribution in [1.82, 2.24) is 20.2 Å². The minimum absolute atomic E-state index is 0.125. The van der Waals surface area contributed by atoms with Gasteiger partial charge in [-0.3, -0.25) is 4.79 Å². The SMILES string of the molecule is COc1ccc(NC(=O)[C@H](C)Sc2nnnn2-c2ccc(C(C)C)cc2)cc1. The van der Waals surface area contributed by atoms with Crippen molar-refractivity contribution < 1.29 is 9.53 Å². The third kappa shape index (κ3) is 4.69. The lowest BCUT2D eigenvalue weighted by Crippen LogP contribution is -2.22. The first-order chi connectivity index (χ1) is 13.5. The quantitative estimate of drug-likeness (QED) is 0.609. The lowest BCUT2D eigenvalue weighted by molar-refractivity contribution is -0.115. The molecule has 3 rings (SSSR count). The number of nitrogens with zero attached hydrogens (tertiary/aromatic N) is 4. The predicted octanol–water partition coefficient (Wildman–Crippen LogP) is 3.91. The summed E-state index contributed by atoms with van der Waals surface area (Å²) < 4.78 is 6.77. The molecule has 1 amide bonds. The van der Waals surface area contributed by atoms with Crippen LogP contribution in [-0.4, -0.2) is 38.5 Å². The van der Waals surface area contributed by atoms with Gasteiger partial charge >= 0.3 is 0 Å². The van der Waals surface area contributed by atoms with Gasteiger partial charge in [0.15, 0.2) is 0 Å². The van der Waals surface area contributed by atoms with Crippen molar-refractivity contribution in [1.29, 1.82) is 0 Å². The molecule has 0 aliphatic heterocycles. The van der Waals surface area contributed by atoms with Crippen LogP contribution in [0.4, 0.5) is 5.69 Å². The van der Waals surface area contributed by atoms with Crippen LogP contribution >= 0.6 is 11.8 Å². The Morgan fingerprint density at radius 3 is 2.36 bits per heavy atom. The maximum Gasteiger partial charge on any atom is 0.237 e. The van der Waals surface area contributed by atoms with Crippen LogP contribution in [0.5, 0.6) is 5.75 Å². The van der Waals surface area contributed by atoms with E-state index < -0.39 is 0 Å². The van der Waals surface area contributed by atoms with Gasteiger partial charge in [0.05, 0.1) is 18.0 Å². The largest absolute Gasteiger partial charge is 0.497 e. The number of carbonyl (C=O) groups is 1.